The second-order valence-electron chi connectivity index (χ2n) is 6.07. The average Bonchev–Trinajstić information content (AvgIpc) is 2.66. The van der Waals surface area contributed by atoms with Crippen molar-refractivity contribution in [2.24, 2.45) is 11.5 Å². The summed E-state index contributed by atoms with van der Waals surface area (Å²) >= 11 is -3.62. The molecule has 0 amide bonds. The van der Waals surface area contributed by atoms with Crippen molar-refractivity contribution in [1.29, 1.82) is 5.41 Å². The van der Waals surface area contributed by atoms with Gasteiger partial charge in [-0.15, -0.1) is 0 Å². The molecule has 2 aromatic carbocycles. The fourth-order valence-corrected chi connectivity index (χ4v) is 35.0. The molecule has 0 saturated carbocycles. The quantitative estimate of drug-likeness (QED) is 0.108. The maximum atomic E-state index is 11.2. The number of benzene rings is 2. The zero-order valence-electron chi connectivity index (χ0n) is 16.4. The van der Waals surface area contributed by atoms with Crippen LogP contribution in [0.25, 0.3) is 0 Å². The zero-order chi connectivity index (χ0) is 23.5. The Morgan fingerprint density at radius 3 is 1.32 bits per heavy atom. The van der Waals surface area contributed by atoms with Gasteiger partial charge in [0, 0.05) is 0 Å². The number of nitrogens with one attached hydrogen (secondary N) is 1. The van der Waals surface area contributed by atoms with Crippen LogP contribution in [0.2, 0.25) is 0 Å². The van der Waals surface area contributed by atoms with Crippen molar-refractivity contribution in [3.63, 3.8) is 0 Å². The van der Waals surface area contributed by atoms with Crippen LogP contribution in [0.5, 0.6) is 0 Å². The van der Waals surface area contributed by atoms with E-state index in [1.165, 1.54) is 17.9 Å². The SMILES string of the molecule is N=C(N)N.O=S(=O)(O)CC[S][Sn]([S]CCS(=O)(=O)O)([c]1ccccc1)[c]1ccccc1. The molecule has 2 aromatic rings. The zero-order valence-corrected chi connectivity index (χ0v) is 22.5. The minimum absolute atomic E-state index is 0.206. The van der Waals surface area contributed by atoms with E-state index in [-0.39, 0.29) is 29.0 Å². The van der Waals surface area contributed by atoms with Gasteiger partial charge in [-0.05, 0) is 0 Å². The summed E-state index contributed by atoms with van der Waals surface area (Å²) in [5.74, 6) is -0.654. The Morgan fingerprint density at radius 1 is 0.774 bits per heavy atom. The van der Waals surface area contributed by atoms with Crippen molar-refractivity contribution in [1.82, 2.24) is 0 Å². The van der Waals surface area contributed by atoms with Crippen LogP contribution in [0.1, 0.15) is 0 Å². The van der Waals surface area contributed by atoms with E-state index in [4.69, 9.17) is 14.5 Å². The third-order valence-electron chi connectivity index (χ3n) is 3.60. The molecule has 0 heterocycles. The topological polar surface area (TPSA) is 185 Å². The first-order valence-electron chi connectivity index (χ1n) is 8.74. The van der Waals surface area contributed by atoms with Gasteiger partial charge >= 0.3 is 171 Å². The number of hydrogen-bond donors (Lipinski definition) is 5. The van der Waals surface area contributed by atoms with Gasteiger partial charge in [0.25, 0.3) is 0 Å². The van der Waals surface area contributed by atoms with E-state index in [1.807, 2.05) is 60.7 Å². The summed E-state index contributed by atoms with van der Waals surface area (Å²) in [5.41, 5.74) is 8.94. The summed E-state index contributed by atoms with van der Waals surface area (Å²) in [6.07, 6.45) is 0. The molecule has 31 heavy (non-hydrogen) atoms. The van der Waals surface area contributed by atoms with Crippen molar-refractivity contribution in [2.75, 3.05) is 23.0 Å². The Hall–Kier alpha value is -0.971. The van der Waals surface area contributed by atoms with Crippen molar-refractivity contribution in [3.05, 3.63) is 60.7 Å². The molecule has 0 aliphatic carbocycles. The maximum absolute atomic E-state index is 11.2. The van der Waals surface area contributed by atoms with E-state index < -0.39 is 35.8 Å². The molecule has 7 N–H and O–H groups in total. The summed E-state index contributed by atoms with van der Waals surface area (Å²) in [4.78, 5) is 0. The van der Waals surface area contributed by atoms with Crippen molar-refractivity contribution < 1.29 is 25.9 Å². The summed E-state index contributed by atoms with van der Waals surface area (Å²) in [5, 5.41) is 6.06. The fraction of sp³-hybridized carbons (Fsp3) is 0.235. The number of hydrogen-bond acceptors (Lipinski definition) is 7. The monoisotopic (exact) mass is 615 g/mol. The van der Waals surface area contributed by atoms with Crippen LogP contribution < -0.4 is 18.6 Å². The molecule has 0 fully saturated rings. The van der Waals surface area contributed by atoms with Gasteiger partial charge in [-0.2, -0.15) is 0 Å². The predicted octanol–water partition coefficient (Wildman–Crippen LogP) is 0.324. The van der Waals surface area contributed by atoms with Crippen LogP contribution >= 0.6 is 17.9 Å². The van der Waals surface area contributed by atoms with Gasteiger partial charge in [-0.1, -0.05) is 0 Å². The Morgan fingerprint density at radius 2 is 1.06 bits per heavy atom. The van der Waals surface area contributed by atoms with Crippen LogP contribution in [0.3, 0.4) is 0 Å². The second kappa shape index (κ2) is 12.9. The first kappa shape index (κ1) is 28.1. The van der Waals surface area contributed by atoms with E-state index in [9.17, 15) is 16.8 Å². The average molecular weight is 614 g/mol. The van der Waals surface area contributed by atoms with E-state index in [1.54, 1.807) is 0 Å². The Labute approximate surface area is 192 Å². The van der Waals surface area contributed by atoms with Crippen molar-refractivity contribution >= 4 is 66.9 Å². The third kappa shape index (κ3) is 11.5. The number of rotatable bonds is 10. The third-order valence-corrected chi connectivity index (χ3v) is 35.0. The van der Waals surface area contributed by atoms with Gasteiger partial charge < -0.3 is 11.5 Å². The number of guanidine groups is 1. The fourth-order valence-electron chi connectivity index (χ4n) is 2.44. The molecule has 0 bridgehead atoms. The van der Waals surface area contributed by atoms with Gasteiger partial charge in [-0.25, -0.2) is 0 Å². The van der Waals surface area contributed by atoms with Crippen LogP contribution in [0, 0.1) is 5.41 Å². The molecule has 0 spiro atoms. The Balaban J connectivity index is 0.00000110. The van der Waals surface area contributed by atoms with E-state index >= 15 is 0 Å². The van der Waals surface area contributed by atoms with E-state index in [0.717, 1.165) is 7.16 Å². The standard InChI is InChI=1S/2C6H5.2C2H6O3S2.CH5N3.Sn/c2*1-2-4-6-5-3-1;2*3-7(4,5)2-1-6;2-1(3)4;/h2*1-5H;2*6H,1-2H2,(H,3,4,5);(H5,2,3,4);/q;;;;;+2/p-2. The molecule has 0 unspecified atom stereocenters. The minimum atomic E-state index is -4.09. The van der Waals surface area contributed by atoms with Gasteiger partial charge in [0.15, 0.2) is 5.96 Å². The van der Waals surface area contributed by atoms with Crippen molar-refractivity contribution in [3.8, 4) is 0 Å². The molecular weight excluding hydrogens is 589 g/mol. The second-order valence-corrected chi connectivity index (χ2v) is 32.3. The van der Waals surface area contributed by atoms with Gasteiger partial charge in [0.1, 0.15) is 0 Å². The molecule has 0 radical (unpaired) electrons. The predicted molar refractivity (Wildman–Crippen MR) is 132 cm³/mol. The molecule has 172 valence electrons. The summed E-state index contributed by atoms with van der Waals surface area (Å²) < 4.78 is 65.1. The summed E-state index contributed by atoms with van der Waals surface area (Å²) in [6.45, 7) is 0. The van der Waals surface area contributed by atoms with Gasteiger partial charge in [0.05, 0.1) is 0 Å². The molecule has 0 aromatic heterocycles. The Kier molecular flexibility index (Phi) is 11.7. The summed E-state index contributed by atoms with van der Waals surface area (Å²) in [6, 6.07) is 19.3. The molecule has 0 aliphatic heterocycles. The van der Waals surface area contributed by atoms with Crippen LogP contribution in [-0.2, 0) is 20.2 Å². The first-order chi connectivity index (χ1) is 14.4. The van der Waals surface area contributed by atoms with E-state index in [0.29, 0.717) is 0 Å². The number of nitrogens with two attached hydrogens (primary N) is 2. The van der Waals surface area contributed by atoms with Crippen molar-refractivity contribution in [2.45, 2.75) is 0 Å². The van der Waals surface area contributed by atoms with Crippen LogP contribution in [-0.4, -0.2) is 70.5 Å². The molecule has 0 saturated heterocycles. The van der Waals surface area contributed by atoms with Gasteiger partial charge in [-0.3, -0.25) is 5.41 Å². The molecule has 0 atom stereocenters. The molecule has 14 heteroatoms. The normalized spacial score (nSPS) is 11.9. The first-order valence-corrected chi connectivity index (χ1v) is 23.8. The molecule has 9 nitrogen and oxygen atoms in total. The molecule has 0 aliphatic rings. The Bertz CT molecular complexity index is 955. The van der Waals surface area contributed by atoms with E-state index in [2.05, 4.69) is 11.5 Å². The van der Waals surface area contributed by atoms with Gasteiger partial charge in [0.2, 0.25) is 0 Å². The summed E-state index contributed by atoms with van der Waals surface area (Å²) in [7, 11) is -5.15. The van der Waals surface area contributed by atoms with Crippen LogP contribution in [0.15, 0.2) is 60.7 Å². The molecular formula is C17H25N3O6S4Sn. The molecule has 2 rings (SSSR count). The van der Waals surface area contributed by atoms with Crippen LogP contribution in [0.4, 0.5) is 0 Å².